The van der Waals surface area contributed by atoms with Crippen molar-refractivity contribution in [3.8, 4) is 11.4 Å². The number of H-pyrrole nitrogens is 1. The first kappa shape index (κ1) is 14.8. The number of aromatic amines is 1. The summed E-state index contributed by atoms with van der Waals surface area (Å²) in [4.78, 5) is 9.91. The van der Waals surface area contributed by atoms with Crippen molar-refractivity contribution >= 4 is 24.3 Å². The molecule has 0 spiro atoms. The molecule has 0 fully saturated rings. The van der Waals surface area contributed by atoms with Crippen LogP contribution in [0.25, 0.3) is 11.4 Å². The van der Waals surface area contributed by atoms with Crippen LogP contribution in [0.4, 0.5) is 10.3 Å². The molecule has 8 nitrogen and oxygen atoms in total. The number of benzene rings is 1. The molecule has 0 saturated carbocycles. The van der Waals surface area contributed by atoms with Gasteiger partial charge in [-0.15, -0.1) is 0 Å². The van der Waals surface area contributed by atoms with E-state index in [0.717, 1.165) is 0 Å². The van der Waals surface area contributed by atoms with Crippen LogP contribution >= 0.6 is 12.2 Å². The first-order chi connectivity index (χ1) is 11.0. The second kappa shape index (κ2) is 5.93. The van der Waals surface area contributed by atoms with Crippen molar-refractivity contribution in [2.24, 2.45) is 5.10 Å². The van der Waals surface area contributed by atoms with Crippen LogP contribution < -0.4 is 0 Å². The van der Waals surface area contributed by atoms with E-state index in [1.165, 1.54) is 41.2 Å². The second-order valence-electron chi connectivity index (χ2n) is 4.35. The van der Waals surface area contributed by atoms with Crippen LogP contribution in [-0.4, -0.2) is 26.0 Å². The van der Waals surface area contributed by atoms with Crippen LogP contribution in [-0.2, 0) is 0 Å². The number of hydrogen-bond donors (Lipinski definition) is 1. The van der Waals surface area contributed by atoms with E-state index in [2.05, 4.69) is 15.3 Å². The monoisotopic (exact) mass is 333 g/mol. The van der Waals surface area contributed by atoms with Crippen molar-refractivity contribution in [2.75, 3.05) is 0 Å². The number of nitrogens with zero attached hydrogens (tertiary/aromatic N) is 4. The zero-order valence-electron chi connectivity index (χ0n) is 11.3. The highest BCUT2D eigenvalue weighted by atomic mass is 32.1. The van der Waals surface area contributed by atoms with Crippen molar-refractivity contribution in [3.05, 3.63) is 62.9 Å². The molecule has 0 saturated heterocycles. The van der Waals surface area contributed by atoms with Gasteiger partial charge in [0.15, 0.2) is 11.6 Å². The first-order valence-corrected chi connectivity index (χ1v) is 6.67. The molecule has 3 aromatic rings. The molecule has 0 aliphatic heterocycles. The summed E-state index contributed by atoms with van der Waals surface area (Å²) in [5, 5.41) is 21.2. The van der Waals surface area contributed by atoms with Crippen LogP contribution in [0.1, 0.15) is 5.76 Å². The number of nitro groups is 1. The standard InChI is InChI=1S/C13H8FN5O3S/c14-9-3-1-2-8(6-9)12-16-17-13(23)18(12)15-7-10-4-5-11(22-10)19(20)21/h1-7H,(H,17,23)/b15-7-. The van der Waals surface area contributed by atoms with E-state index in [0.29, 0.717) is 11.4 Å². The van der Waals surface area contributed by atoms with Crippen LogP contribution in [0, 0.1) is 20.7 Å². The van der Waals surface area contributed by atoms with Gasteiger partial charge in [0, 0.05) is 5.56 Å². The third kappa shape index (κ3) is 3.06. The third-order valence-corrected chi connectivity index (χ3v) is 3.09. The fourth-order valence-electron chi connectivity index (χ4n) is 1.84. The molecule has 116 valence electrons. The highest BCUT2D eigenvalue weighted by Crippen LogP contribution is 2.18. The van der Waals surface area contributed by atoms with Gasteiger partial charge in [-0.1, -0.05) is 12.1 Å². The highest BCUT2D eigenvalue weighted by Gasteiger charge is 2.12. The molecule has 0 bridgehead atoms. The number of furan rings is 1. The molecule has 0 aliphatic carbocycles. The SMILES string of the molecule is O=[N+]([O-])c1ccc(/C=N\n2c(-c3cccc(F)c3)n[nH]c2=S)o1. The largest absolute Gasteiger partial charge is 0.433 e. The predicted octanol–water partition coefficient (Wildman–Crippen LogP) is 3.13. The predicted molar refractivity (Wildman–Crippen MR) is 81.2 cm³/mol. The van der Waals surface area contributed by atoms with Crippen molar-refractivity contribution < 1.29 is 13.7 Å². The summed E-state index contributed by atoms with van der Waals surface area (Å²) in [6.07, 6.45) is 1.25. The number of aromatic nitrogens is 3. The molecule has 0 unspecified atom stereocenters. The quantitative estimate of drug-likeness (QED) is 0.342. The molecule has 0 amide bonds. The van der Waals surface area contributed by atoms with Crippen LogP contribution in [0.15, 0.2) is 45.9 Å². The summed E-state index contributed by atoms with van der Waals surface area (Å²) in [5.41, 5.74) is 0.472. The Balaban J connectivity index is 1.97. The zero-order valence-corrected chi connectivity index (χ0v) is 12.2. The van der Waals surface area contributed by atoms with Gasteiger partial charge < -0.3 is 4.42 Å². The Labute approximate surface area is 133 Å². The highest BCUT2D eigenvalue weighted by molar-refractivity contribution is 7.71. The number of halogens is 1. The molecule has 2 aromatic heterocycles. The normalized spacial score (nSPS) is 11.2. The summed E-state index contributed by atoms with van der Waals surface area (Å²) in [6, 6.07) is 8.38. The average molecular weight is 333 g/mol. The fourth-order valence-corrected chi connectivity index (χ4v) is 2.02. The van der Waals surface area contributed by atoms with Crippen molar-refractivity contribution in [1.29, 1.82) is 0 Å². The zero-order chi connectivity index (χ0) is 16.4. The Morgan fingerprint density at radius 1 is 1.43 bits per heavy atom. The maximum absolute atomic E-state index is 13.3. The summed E-state index contributed by atoms with van der Waals surface area (Å²) >= 11 is 5.07. The molecule has 2 heterocycles. The van der Waals surface area contributed by atoms with Gasteiger partial charge in [-0.25, -0.2) is 9.49 Å². The summed E-state index contributed by atoms with van der Waals surface area (Å²) < 4.78 is 19.7. The molecule has 3 rings (SSSR count). The van der Waals surface area contributed by atoms with Gasteiger partial charge in [-0.2, -0.15) is 14.9 Å². The van der Waals surface area contributed by atoms with Gasteiger partial charge >= 0.3 is 5.88 Å². The molecule has 0 atom stereocenters. The van der Waals surface area contributed by atoms with E-state index in [4.69, 9.17) is 16.6 Å². The lowest BCUT2D eigenvalue weighted by Crippen LogP contribution is -1.95. The molecule has 23 heavy (non-hydrogen) atoms. The number of nitrogens with one attached hydrogen (secondary N) is 1. The topological polar surface area (TPSA) is 102 Å². The van der Waals surface area contributed by atoms with Gasteiger partial charge in [0.1, 0.15) is 10.7 Å². The minimum absolute atomic E-state index is 0.171. The minimum Gasteiger partial charge on any atom is -0.400 e. The molecule has 1 N–H and O–H groups in total. The van der Waals surface area contributed by atoms with Gasteiger partial charge in [0.2, 0.25) is 4.77 Å². The second-order valence-corrected chi connectivity index (χ2v) is 4.74. The summed E-state index contributed by atoms with van der Waals surface area (Å²) in [6.45, 7) is 0. The van der Waals surface area contributed by atoms with E-state index in [1.54, 1.807) is 6.07 Å². The third-order valence-electron chi connectivity index (χ3n) is 2.83. The van der Waals surface area contributed by atoms with Gasteiger partial charge in [-0.3, -0.25) is 10.1 Å². The van der Waals surface area contributed by atoms with Crippen molar-refractivity contribution in [2.45, 2.75) is 0 Å². The molecule has 10 heteroatoms. The van der Waals surface area contributed by atoms with Gasteiger partial charge in [-0.05, 0) is 30.4 Å². The van der Waals surface area contributed by atoms with E-state index in [1.807, 2.05) is 0 Å². The Hall–Kier alpha value is -3.14. The Morgan fingerprint density at radius 3 is 2.96 bits per heavy atom. The van der Waals surface area contributed by atoms with Crippen LogP contribution in [0.2, 0.25) is 0 Å². The smallest absolute Gasteiger partial charge is 0.400 e. The molecule has 0 aliphatic rings. The Bertz CT molecular complexity index is 958. The number of hydrogen-bond acceptors (Lipinski definition) is 6. The Morgan fingerprint density at radius 2 is 2.26 bits per heavy atom. The van der Waals surface area contributed by atoms with Crippen molar-refractivity contribution in [1.82, 2.24) is 14.9 Å². The molecule has 0 radical (unpaired) electrons. The molecule has 1 aromatic carbocycles. The lowest BCUT2D eigenvalue weighted by molar-refractivity contribution is -0.402. The lowest BCUT2D eigenvalue weighted by atomic mass is 10.2. The molecular weight excluding hydrogens is 325 g/mol. The van der Waals surface area contributed by atoms with Crippen LogP contribution in [0.3, 0.4) is 0 Å². The van der Waals surface area contributed by atoms with E-state index < -0.39 is 16.6 Å². The summed E-state index contributed by atoms with van der Waals surface area (Å²) in [7, 11) is 0. The van der Waals surface area contributed by atoms with Crippen LogP contribution in [0.5, 0.6) is 0 Å². The Kier molecular flexibility index (Phi) is 3.81. The van der Waals surface area contributed by atoms with Gasteiger partial charge in [0.25, 0.3) is 0 Å². The average Bonchev–Trinajstić information content (AvgIpc) is 3.12. The van der Waals surface area contributed by atoms with Gasteiger partial charge in [0.05, 0.1) is 12.3 Å². The fraction of sp³-hybridized carbons (Fsp3) is 0. The minimum atomic E-state index is -0.654. The lowest BCUT2D eigenvalue weighted by Gasteiger charge is -2.00. The van der Waals surface area contributed by atoms with E-state index in [-0.39, 0.29) is 10.5 Å². The van der Waals surface area contributed by atoms with E-state index in [9.17, 15) is 14.5 Å². The first-order valence-electron chi connectivity index (χ1n) is 6.26. The maximum atomic E-state index is 13.3. The number of rotatable bonds is 4. The summed E-state index contributed by atoms with van der Waals surface area (Å²) in [5.74, 6) is -0.349. The van der Waals surface area contributed by atoms with Crippen molar-refractivity contribution in [3.63, 3.8) is 0 Å². The maximum Gasteiger partial charge on any atom is 0.433 e. The van der Waals surface area contributed by atoms with E-state index >= 15 is 0 Å². The molecular formula is C13H8FN5O3S.